The third-order valence-corrected chi connectivity index (χ3v) is 1.09. The molecule has 0 fully saturated rings. The number of ether oxygens (including phenoxy) is 1. The Kier molecular flexibility index (Phi) is 5.38. The fourth-order valence-electron chi connectivity index (χ4n) is 0.634. The zero-order valence-corrected chi connectivity index (χ0v) is 6.61. The molecule has 0 amide bonds. The van der Waals surface area contributed by atoms with E-state index in [4.69, 9.17) is 4.74 Å². The van der Waals surface area contributed by atoms with Gasteiger partial charge in [0.05, 0.1) is 12.4 Å². The van der Waals surface area contributed by atoms with Crippen molar-refractivity contribution < 1.29 is 4.74 Å². The van der Waals surface area contributed by atoms with Crippen LogP contribution >= 0.6 is 0 Å². The van der Waals surface area contributed by atoms with E-state index in [0.29, 0.717) is 0 Å². The van der Waals surface area contributed by atoms with Crippen molar-refractivity contribution >= 4 is 0 Å². The van der Waals surface area contributed by atoms with Gasteiger partial charge in [0.15, 0.2) is 0 Å². The van der Waals surface area contributed by atoms with Crippen LogP contribution in [-0.4, -0.2) is 6.61 Å². The second kappa shape index (κ2) is 5.67. The van der Waals surface area contributed by atoms with Crippen LogP contribution in [0.5, 0.6) is 0 Å². The number of unbranched alkanes of at least 4 members (excludes halogenated alkanes) is 1. The first-order chi connectivity index (χ1) is 4.31. The van der Waals surface area contributed by atoms with Crippen molar-refractivity contribution in [1.29, 1.82) is 0 Å². The zero-order chi connectivity index (χ0) is 7.11. The molecular formula is C8H16O. The molecule has 0 heterocycles. The van der Waals surface area contributed by atoms with Gasteiger partial charge in [0, 0.05) is 0 Å². The van der Waals surface area contributed by atoms with E-state index in [1.165, 1.54) is 6.42 Å². The van der Waals surface area contributed by atoms with Gasteiger partial charge in [0.25, 0.3) is 0 Å². The van der Waals surface area contributed by atoms with Crippen molar-refractivity contribution in [3.8, 4) is 0 Å². The molecule has 0 spiro atoms. The third kappa shape index (κ3) is 5.41. The fraction of sp³-hybridized carbons (Fsp3) is 0.750. The summed E-state index contributed by atoms with van der Waals surface area (Å²) in [6.45, 7) is 6.95. The van der Waals surface area contributed by atoms with Gasteiger partial charge in [0.1, 0.15) is 0 Å². The SMILES string of the molecule is CCCC=C(C)OCC. The van der Waals surface area contributed by atoms with Crippen LogP contribution in [-0.2, 0) is 4.74 Å². The molecule has 1 nitrogen and oxygen atoms in total. The van der Waals surface area contributed by atoms with Crippen molar-refractivity contribution in [2.24, 2.45) is 0 Å². The summed E-state index contributed by atoms with van der Waals surface area (Å²) in [5, 5.41) is 0. The van der Waals surface area contributed by atoms with Gasteiger partial charge in [-0.25, -0.2) is 0 Å². The number of rotatable bonds is 4. The second-order valence-corrected chi connectivity index (χ2v) is 2.04. The second-order valence-electron chi connectivity index (χ2n) is 2.04. The number of hydrogen-bond donors (Lipinski definition) is 0. The maximum Gasteiger partial charge on any atom is 0.0888 e. The first-order valence-electron chi connectivity index (χ1n) is 3.60. The monoisotopic (exact) mass is 128 g/mol. The molecule has 0 bridgehead atoms. The van der Waals surface area contributed by atoms with Crippen molar-refractivity contribution in [3.05, 3.63) is 11.8 Å². The summed E-state index contributed by atoms with van der Waals surface area (Å²) >= 11 is 0. The summed E-state index contributed by atoms with van der Waals surface area (Å²) in [4.78, 5) is 0. The Bertz CT molecular complexity index is 84.6. The Morgan fingerprint density at radius 2 is 2.11 bits per heavy atom. The smallest absolute Gasteiger partial charge is 0.0888 e. The number of hydrogen-bond acceptors (Lipinski definition) is 1. The lowest BCUT2D eigenvalue weighted by molar-refractivity contribution is 0.230. The normalized spacial score (nSPS) is 11.7. The Labute approximate surface area is 57.7 Å². The van der Waals surface area contributed by atoms with Crippen molar-refractivity contribution in [3.63, 3.8) is 0 Å². The minimum Gasteiger partial charge on any atom is -0.499 e. The predicted octanol–water partition coefficient (Wildman–Crippen LogP) is 2.73. The van der Waals surface area contributed by atoms with Gasteiger partial charge >= 0.3 is 0 Å². The van der Waals surface area contributed by atoms with E-state index in [1.807, 2.05) is 13.8 Å². The van der Waals surface area contributed by atoms with Crippen molar-refractivity contribution in [2.75, 3.05) is 6.61 Å². The van der Waals surface area contributed by atoms with Crippen LogP contribution in [0.15, 0.2) is 11.8 Å². The minimum atomic E-state index is 0.784. The lowest BCUT2D eigenvalue weighted by Crippen LogP contribution is -1.85. The highest BCUT2D eigenvalue weighted by Crippen LogP contribution is 1.98. The topological polar surface area (TPSA) is 9.23 Å². The summed E-state index contributed by atoms with van der Waals surface area (Å²) in [7, 11) is 0. The molecule has 54 valence electrons. The lowest BCUT2D eigenvalue weighted by atomic mass is 10.3. The average molecular weight is 128 g/mol. The Morgan fingerprint density at radius 1 is 1.44 bits per heavy atom. The summed E-state index contributed by atoms with van der Waals surface area (Å²) < 4.78 is 5.20. The van der Waals surface area contributed by atoms with Gasteiger partial charge in [-0.05, 0) is 26.3 Å². The highest BCUT2D eigenvalue weighted by molar-refractivity contribution is 4.87. The van der Waals surface area contributed by atoms with E-state index < -0.39 is 0 Å². The Morgan fingerprint density at radius 3 is 2.56 bits per heavy atom. The molecule has 0 saturated carbocycles. The van der Waals surface area contributed by atoms with Crippen molar-refractivity contribution in [1.82, 2.24) is 0 Å². The predicted molar refractivity (Wildman–Crippen MR) is 40.3 cm³/mol. The largest absolute Gasteiger partial charge is 0.499 e. The average Bonchev–Trinajstić information content (AvgIpc) is 1.85. The highest BCUT2D eigenvalue weighted by atomic mass is 16.5. The lowest BCUT2D eigenvalue weighted by Gasteiger charge is -2.00. The zero-order valence-electron chi connectivity index (χ0n) is 6.61. The molecule has 0 aromatic heterocycles. The van der Waals surface area contributed by atoms with Crippen LogP contribution in [0.25, 0.3) is 0 Å². The summed E-state index contributed by atoms with van der Waals surface area (Å²) in [6, 6.07) is 0. The maximum absolute atomic E-state index is 5.20. The minimum absolute atomic E-state index is 0.784. The fourth-order valence-corrected chi connectivity index (χ4v) is 0.634. The molecule has 0 aromatic carbocycles. The molecule has 9 heavy (non-hydrogen) atoms. The van der Waals surface area contributed by atoms with Gasteiger partial charge in [0.2, 0.25) is 0 Å². The van der Waals surface area contributed by atoms with Crippen LogP contribution in [0, 0.1) is 0 Å². The van der Waals surface area contributed by atoms with Crippen molar-refractivity contribution in [2.45, 2.75) is 33.6 Å². The quantitative estimate of drug-likeness (QED) is 0.529. The summed E-state index contributed by atoms with van der Waals surface area (Å²) in [6.07, 6.45) is 4.46. The van der Waals surface area contributed by atoms with Gasteiger partial charge < -0.3 is 4.74 Å². The van der Waals surface area contributed by atoms with Gasteiger partial charge in [-0.15, -0.1) is 0 Å². The molecule has 0 radical (unpaired) electrons. The first-order valence-corrected chi connectivity index (χ1v) is 3.60. The summed E-state index contributed by atoms with van der Waals surface area (Å²) in [5.74, 6) is 1.05. The molecule has 0 saturated heterocycles. The molecule has 0 aliphatic carbocycles. The molecule has 0 N–H and O–H groups in total. The number of allylic oxidation sites excluding steroid dienone is 2. The van der Waals surface area contributed by atoms with E-state index in [0.717, 1.165) is 18.8 Å². The molecule has 0 aliphatic heterocycles. The van der Waals surface area contributed by atoms with Crippen LogP contribution in [0.2, 0.25) is 0 Å². The highest BCUT2D eigenvalue weighted by Gasteiger charge is 1.83. The molecule has 1 heteroatoms. The molecule has 0 unspecified atom stereocenters. The standard InChI is InChI=1S/C8H16O/c1-4-6-7-8(3)9-5-2/h7H,4-6H2,1-3H3. The Balaban J connectivity index is 3.30. The van der Waals surface area contributed by atoms with Gasteiger partial charge in [-0.1, -0.05) is 13.3 Å². The third-order valence-electron chi connectivity index (χ3n) is 1.09. The van der Waals surface area contributed by atoms with Crippen LogP contribution in [0.1, 0.15) is 33.6 Å². The first kappa shape index (κ1) is 8.54. The van der Waals surface area contributed by atoms with E-state index in [1.54, 1.807) is 0 Å². The molecule has 0 atom stereocenters. The Hall–Kier alpha value is -0.460. The van der Waals surface area contributed by atoms with Gasteiger partial charge in [-0.2, -0.15) is 0 Å². The van der Waals surface area contributed by atoms with E-state index in [9.17, 15) is 0 Å². The van der Waals surface area contributed by atoms with E-state index >= 15 is 0 Å². The molecule has 0 aliphatic rings. The maximum atomic E-state index is 5.20. The van der Waals surface area contributed by atoms with Crippen LogP contribution < -0.4 is 0 Å². The molecular weight excluding hydrogens is 112 g/mol. The van der Waals surface area contributed by atoms with Crippen LogP contribution in [0.4, 0.5) is 0 Å². The van der Waals surface area contributed by atoms with Gasteiger partial charge in [-0.3, -0.25) is 0 Å². The molecule has 0 aromatic rings. The molecule has 0 rings (SSSR count). The summed E-state index contributed by atoms with van der Waals surface area (Å²) in [5.41, 5.74) is 0. The van der Waals surface area contributed by atoms with E-state index in [-0.39, 0.29) is 0 Å². The van der Waals surface area contributed by atoms with E-state index in [2.05, 4.69) is 13.0 Å². The van der Waals surface area contributed by atoms with Crippen LogP contribution in [0.3, 0.4) is 0 Å².